The number of hydrogen-bond acceptors (Lipinski definition) is 6. The fourth-order valence-corrected chi connectivity index (χ4v) is 4.09. The Morgan fingerprint density at radius 2 is 2.23 bits per heavy atom. The van der Waals surface area contributed by atoms with E-state index in [4.69, 9.17) is 9.26 Å². The Kier molecular flexibility index (Phi) is 4.05. The summed E-state index contributed by atoms with van der Waals surface area (Å²) in [5.41, 5.74) is 1.93. The summed E-state index contributed by atoms with van der Waals surface area (Å²) in [6.07, 6.45) is 1.20. The van der Waals surface area contributed by atoms with Crippen molar-refractivity contribution < 1.29 is 17.7 Å². The highest BCUT2D eigenvalue weighted by Gasteiger charge is 2.50. The van der Waals surface area contributed by atoms with E-state index in [1.165, 1.54) is 6.26 Å². The van der Waals surface area contributed by atoms with Gasteiger partial charge in [0.05, 0.1) is 25.2 Å². The normalized spacial score (nSPS) is 29.1. The van der Waals surface area contributed by atoms with Crippen LogP contribution in [0, 0.1) is 25.2 Å². The summed E-state index contributed by atoms with van der Waals surface area (Å²) >= 11 is 0. The number of hydrogen-bond donors (Lipinski definition) is 1. The largest absolute Gasteiger partial charge is 0.380 e. The van der Waals surface area contributed by atoms with Gasteiger partial charge in [-0.25, -0.2) is 13.1 Å². The molecule has 124 valence electrons. The molecule has 2 aliphatic heterocycles. The van der Waals surface area contributed by atoms with Crippen molar-refractivity contribution in [3.05, 3.63) is 17.0 Å². The summed E-state index contributed by atoms with van der Waals surface area (Å²) in [4.78, 5) is 2.35. The van der Waals surface area contributed by atoms with Gasteiger partial charge in [0.1, 0.15) is 5.76 Å². The monoisotopic (exact) mass is 329 g/mol. The molecule has 2 aliphatic rings. The van der Waals surface area contributed by atoms with Crippen molar-refractivity contribution in [1.82, 2.24) is 14.8 Å². The molecule has 0 aliphatic carbocycles. The average Bonchev–Trinajstić information content (AvgIpc) is 3.04. The van der Waals surface area contributed by atoms with Crippen LogP contribution in [0.15, 0.2) is 4.52 Å². The van der Waals surface area contributed by atoms with Crippen molar-refractivity contribution in [2.75, 3.05) is 39.1 Å². The fourth-order valence-electron chi connectivity index (χ4n) is 3.54. The lowest BCUT2D eigenvalue weighted by atomic mass is 9.81. The Hall–Kier alpha value is -0.960. The van der Waals surface area contributed by atoms with E-state index in [2.05, 4.69) is 14.8 Å². The average molecular weight is 329 g/mol. The van der Waals surface area contributed by atoms with Crippen LogP contribution in [-0.2, 0) is 21.3 Å². The summed E-state index contributed by atoms with van der Waals surface area (Å²) in [5.74, 6) is 1.22. The predicted octanol–water partition coefficient (Wildman–Crippen LogP) is 0.289. The maximum absolute atomic E-state index is 11.4. The molecule has 0 saturated carbocycles. The second kappa shape index (κ2) is 5.59. The highest BCUT2D eigenvalue weighted by Crippen LogP contribution is 2.41. The molecular formula is C14H23N3O4S. The van der Waals surface area contributed by atoms with Crippen molar-refractivity contribution in [2.24, 2.45) is 11.3 Å². The number of nitrogens with one attached hydrogen (secondary N) is 1. The fraction of sp³-hybridized carbons (Fsp3) is 0.786. The van der Waals surface area contributed by atoms with E-state index < -0.39 is 10.0 Å². The minimum Gasteiger partial charge on any atom is -0.380 e. The van der Waals surface area contributed by atoms with Gasteiger partial charge in [0.25, 0.3) is 0 Å². The predicted molar refractivity (Wildman–Crippen MR) is 80.8 cm³/mol. The van der Waals surface area contributed by atoms with Gasteiger partial charge in [-0.2, -0.15) is 0 Å². The van der Waals surface area contributed by atoms with Crippen LogP contribution >= 0.6 is 0 Å². The summed E-state index contributed by atoms with van der Waals surface area (Å²) in [5, 5.41) is 4.00. The molecule has 22 heavy (non-hydrogen) atoms. The smallest absolute Gasteiger partial charge is 0.208 e. The second-order valence-electron chi connectivity index (χ2n) is 6.64. The first-order valence-corrected chi connectivity index (χ1v) is 9.35. The Labute approximate surface area is 131 Å². The van der Waals surface area contributed by atoms with Crippen molar-refractivity contribution in [2.45, 2.75) is 20.4 Å². The molecule has 0 radical (unpaired) electrons. The van der Waals surface area contributed by atoms with Gasteiger partial charge in [0, 0.05) is 43.1 Å². The quantitative estimate of drug-likeness (QED) is 0.836. The standard InChI is InChI=1S/C14H23N3O4S/c1-10-13(11(2)21-16-10)5-17-4-12-6-20-9-14(12,8-17)7-15-22(3,18)19/h12,15H,4-9H2,1-3H3/t12-,14-/m1/s1. The molecule has 2 fully saturated rings. The number of likely N-dealkylation sites (tertiary alicyclic amines) is 1. The number of aryl methyl sites for hydroxylation is 2. The molecule has 2 atom stereocenters. The van der Waals surface area contributed by atoms with Crippen LogP contribution < -0.4 is 4.72 Å². The van der Waals surface area contributed by atoms with E-state index in [-0.39, 0.29) is 5.41 Å². The Bertz CT molecular complexity index is 638. The zero-order valence-corrected chi connectivity index (χ0v) is 14.1. The summed E-state index contributed by atoms with van der Waals surface area (Å²) in [6, 6.07) is 0. The zero-order valence-electron chi connectivity index (χ0n) is 13.3. The van der Waals surface area contributed by atoms with Gasteiger partial charge in [0.15, 0.2) is 0 Å². The molecule has 8 heteroatoms. The number of sulfonamides is 1. The summed E-state index contributed by atoms with van der Waals surface area (Å²) in [7, 11) is -3.19. The van der Waals surface area contributed by atoms with E-state index in [9.17, 15) is 8.42 Å². The zero-order chi connectivity index (χ0) is 16.0. The minimum atomic E-state index is -3.19. The first kappa shape index (κ1) is 15.9. The summed E-state index contributed by atoms with van der Waals surface area (Å²) in [6.45, 7) is 8.15. The first-order chi connectivity index (χ1) is 10.3. The number of aromatic nitrogens is 1. The van der Waals surface area contributed by atoms with Gasteiger partial charge >= 0.3 is 0 Å². The van der Waals surface area contributed by atoms with Crippen LogP contribution in [0.1, 0.15) is 17.0 Å². The van der Waals surface area contributed by atoms with Gasteiger partial charge in [-0.1, -0.05) is 5.16 Å². The van der Waals surface area contributed by atoms with Gasteiger partial charge in [-0.15, -0.1) is 0 Å². The molecule has 0 bridgehead atoms. The van der Waals surface area contributed by atoms with Crippen LogP contribution in [0.2, 0.25) is 0 Å². The second-order valence-corrected chi connectivity index (χ2v) is 8.47. The molecule has 1 aromatic rings. The minimum absolute atomic E-state index is 0.123. The Morgan fingerprint density at radius 3 is 2.86 bits per heavy atom. The summed E-state index contributed by atoms with van der Waals surface area (Å²) < 4.78 is 36.3. The number of rotatable bonds is 5. The molecular weight excluding hydrogens is 306 g/mol. The van der Waals surface area contributed by atoms with Crippen LogP contribution in [0.3, 0.4) is 0 Å². The maximum atomic E-state index is 11.4. The van der Waals surface area contributed by atoms with Crippen LogP contribution in [-0.4, -0.2) is 57.6 Å². The van der Waals surface area contributed by atoms with E-state index >= 15 is 0 Å². The third-order valence-corrected chi connectivity index (χ3v) is 5.51. The topological polar surface area (TPSA) is 84.7 Å². The number of fused-ring (bicyclic) bond motifs is 1. The number of nitrogens with zero attached hydrogens (tertiary/aromatic N) is 2. The molecule has 3 heterocycles. The van der Waals surface area contributed by atoms with Crippen LogP contribution in [0.4, 0.5) is 0 Å². The van der Waals surface area contributed by atoms with Crippen LogP contribution in [0.5, 0.6) is 0 Å². The molecule has 0 amide bonds. The molecule has 3 rings (SSSR count). The van der Waals surface area contributed by atoms with Gasteiger partial charge in [-0.3, -0.25) is 4.90 Å². The van der Waals surface area contributed by atoms with Crippen LogP contribution in [0.25, 0.3) is 0 Å². The first-order valence-electron chi connectivity index (χ1n) is 7.45. The molecule has 2 saturated heterocycles. The van der Waals surface area contributed by atoms with E-state index in [1.807, 2.05) is 13.8 Å². The maximum Gasteiger partial charge on any atom is 0.208 e. The molecule has 0 aromatic carbocycles. The molecule has 7 nitrogen and oxygen atoms in total. The lowest BCUT2D eigenvalue weighted by molar-refractivity contribution is 0.128. The SMILES string of the molecule is Cc1noc(C)c1CN1C[C@@H]2COC[C@@]2(CNS(C)(=O)=O)C1. The van der Waals surface area contributed by atoms with E-state index in [0.29, 0.717) is 25.7 Å². The molecule has 1 aromatic heterocycles. The third-order valence-electron chi connectivity index (χ3n) is 4.84. The van der Waals surface area contributed by atoms with Gasteiger partial charge < -0.3 is 9.26 Å². The molecule has 0 unspecified atom stereocenters. The lowest BCUT2D eigenvalue weighted by Gasteiger charge is -2.27. The number of ether oxygens (including phenoxy) is 1. The van der Waals surface area contributed by atoms with Gasteiger partial charge in [0.2, 0.25) is 10.0 Å². The van der Waals surface area contributed by atoms with Crippen molar-refractivity contribution >= 4 is 10.0 Å². The van der Waals surface area contributed by atoms with E-state index in [1.54, 1.807) is 0 Å². The van der Waals surface area contributed by atoms with Crippen molar-refractivity contribution in [3.8, 4) is 0 Å². The Balaban J connectivity index is 1.71. The molecule has 0 spiro atoms. The molecule has 1 N–H and O–H groups in total. The van der Waals surface area contributed by atoms with E-state index in [0.717, 1.165) is 36.7 Å². The lowest BCUT2D eigenvalue weighted by Crippen LogP contribution is -2.42. The van der Waals surface area contributed by atoms with Crippen molar-refractivity contribution in [3.63, 3.8) is 0 Å². The van der Waals surface area contributed by atoms with Crippen molar-refractivity contribution in [1.29, 1.82) is 0 Å². The highest BCUT2D eigenvalue weighted by atomic mass is 32.2. The van der Waals surface area contributed by atoms with Gasteiger partial charge in [-0.05, 0) is 13.8 Å². The Morgan fingerprint density at radius 1 is 1.45 bits per heavy atom. The third kappa shape index (κ3) is 3.05. The highest BCUT2D eigenvalue weighted by molar-refractivity contribution is 7.88.